The summed E-state index contributed by atoms with van der Waals surface area (Å²) in [6.45, 7) is 0. The normalized spacial score (nSPS) is 11.3. The van der Waals surface area contributed by atoms with E-state index in [1.54, 1.807) is 0 Å². The highest BCUT2D eigenvalue weighted by molar-refractivity contribution is 7.89. The van der Waals surface area contributed by atoms with E-state index in [9.17, 15) is 27.3 Å². The van der Waals surface area contributed by atoms with E-state index in [0.29, 0.717) is 6.07 Å². The number of hydrogen-bond acceptors (Lipinski definition) is 6. The van der Waals surface area contributed by atoms with E-state index in [1.807, 2.05) is 0 Å². The Balaban J connectivity index is 3.77. The van der Waals surface area contributed by atoms with Gasteiger partial charge in [-0.25, -0.2) is 27.3 Å². The molecule has 0 aromatic carbocycles. The van der Waals surface area contributed by atoms with Gasteiger partial charge in [0.15, 0.2) is 10.7 Å². The summed E-state index contributed by atoms with van der Waals surface area (Å²) in [5.74, 6) is 0. The first kappa shape index (κ1) is 13.9. The van der Waals surface area contributed by atoms with Crippen molar-refractivity contribution in [1.29, 1.82) is 5.26 Å². The zero-order valence-electron chi connectivity index (χ0n) is 8.37. The second-order valence-corrected chi connectivity index (χ2v) is 4.46. The fraction of sp³-hybridized carbons (Fsp3) is 0.143. The number of rotatable bonds is 3. The first-order valence-electron chi connectivity index (χ1n) is 4.09. The van der Waals surface area contributed by atoms with Crippen molar-refractivity contribution in [3.8, 4) is 6.07 Å². The van der Waals surface area contributed by atoms with E-state index in [1.165, 1.54) is 6.07 Å². The predicted molar refractivity (Wildman–Crippen MR) is 51.9 cm³/mol. The lowest BCUT2D eigenvalue weighted by Gasteiger charge is -2.05. The van der Waals surface area contributed by atoms with Gasteiger partial charge in [0.05, 0.1) is 4.92 Å². The van der Waals surface area contributed by atoms with Crippen LogP contribution < -0.4 is 5.14 Å². The van der Waals surface area contributed by atoms with E-state index < -0.39 is 43.3 Å². The Morgan fingerprint density at radius 2 is 2.11 bits per heavy atom. The van der Waals surface area contributed by atoms with Gasteiger partial charge in [0.2, 0.25) is 0 Å². The first-order chi connectivity index (χ1) is 8.18. The SMILES string of the molecule is N#Cc1cc(S(N)(=O)=O)nc(C(F)F)c1[N+](=O)[O-]. The Kier molecular flexibility index (Phi) is 3.54. The first-order valence-corrected chi connectivity index (χ1v) is 5.63. The van der Waals surface area contributed by atoms with Gasteiger partial charge in [-0.2, -0.15) is 5.26 Å². The number of sulfonamides is 1. The van der Waals surface area contributed by atoms with Gasteiger partial charge < -0.3 is 0 Å². The average Bonchev–Trinajstić information content (AvgIpc) is 2.25. The summed E-state index contributed by atoms with van der Waals surface area (Å²) < 4.78 is 47.0. The molecule has 8 nitrogen and oxygen atoms in total. The number of aromatic nitrogens is 1. The van der Waals surface area contributed by atoms with E-state index in [0.717, 1.165) is 0 Å². The number of hydrogen-bond donors (Lipinski definition) is 1. The van der Waals surface area contributed by atoms with E-state index in [-0.39, 0.29) is 0 Å². The van der Waals surface area contributed by atoms with Crippen LogP contribution in [0, 0.1) is 21.4 Å². The van der Waals surface area contributed by atoms with Crippen LogP contribution in [0.25, 0.3) is 0 Å². The summed E-state index contributed by atoms with van der Waals surface area (Å²) >= 11 is 0. The molecular formula is C7H4F2N4O4S. The fourth-order valence-corrected chi connectivity index (χ4v) is 1.62. The zero-order chi connectivity index (χ0) is 14.1. The van der Waals surface area contributed by atoms with Crippen LogP contribution in [0.15, 0.2) is 11.1 Å². The molecule has 18 heavy (non-hydrogen) atoms. The van der Waals surface area contributed by atoms with Gasteiger partial charge in [0.25, 0.3) is 16.4 Å². The molecule has 96 valence electrons. The number of nitrogens with two attached hydrogens (primary N) is 1. The summed E-state index contributed by atoms with van der Waals surface area (Å²) in [6.07, 6.45) is -3.42. The molecule has 0 saturated carbocycles. The smallest absolute Gasteiger partial charge is 0.258 e. The molecule has 2 N–H and O–H groups in total. The Bertz CT molecular complexity index is 652. The highest BCUT2D eigenvalue weighted by atomic mass is 32.2. The van der Waals surface area contributed by atoms with Crippen molar-refractivity contribution in [3.63, 3.8) is 0 Å². The Morgan fingerprint density at radius 3 is 2.44 bits per heavy atom. The third-order valence-corrected chi connectivity index (χ3v) is 2.59. The minimum absolute atomic E-state index is 0.472. The predicted octanol–water partition coefficient (Wildman–Crippen LogP) is 0.446. The van der Waals surface area contributed by atoms with Crippen molar-refractivity contribution in [2.75, 3.05) is 0 Å². The molecular weight excluding hydrogens is 274 g/mol. The number of nitro groups is 1. The molecule has 1 heterocycles. The molecule has 0 fully saturated rings. The molecule has 1 aromatic rings. The lowest BCUT2D eigenvalue weighted by atomic mass is 10.2. The summed E-state index contributed by atoms with van der Waals surface area (Å²) in [4.78, 5) is 12.2. The van der Waals surface area contributed by atoms with Crippen molar-refractivity contribution >= 4 is 15.7 Å². The van der Waals surface area contributed by atoms with Gasteiger partial charge in [-0.15, -0.1) is 0 Å². The molecule has 1 aromatic heterocycles. The number of nitrogens with zero attached hydrogens (tertiary/aromatic N) is 3. The Labute approximate surface area is 98.9 Å². The Morgan fingerprint density at radius 1 is 1.56 bits per heavy atom. The summed E-state index contributed by atoms with van der Waals surface area (Å²) in [5.41, 5.74) is -3.50. The van der Waals surface area contributed by atoms with Gasteiger partial charge in [0.1, 0.15) is 11.6 Å². The fourth-order valence-electron chi connectivity index (χ4n) is 1.11. The maximum Gasteiger partial charge on any atom is 0.314 e. The largest absolute Gasteiger partial charge is 0.314 e. The zero-order valence-corrected chi connectivity index (χ0v) is 9.19. The van der Waals surface area contributed by atoms with Gasteiger partial charge in [-0.05, 0) is 0 Å². The van der Waals surface area contributed by atoms with E-state index in [4.69, 9.17) is 5.26 Å². The average molecular weight is 278 g/mol. The van der Waals surface area contributed by atoms with Crippen LogP contribution in [0.4, 0.5) is 14.5 Å². The van der Waals surface area contributed by atoms with Crippen LogP contribution >= 0.6 is 0 Å². The summed E-state index contributed by atoms with van der Waals surface area (Å²) in [5, 5.41) is 22.8. The number of nitriles is 1. The van der Waals surface area contributed by atoms with E-state index >= 15 is 0 Å². The van der Waals surface area contributed by atoms with Crippen molar-refractivity contribution in [3.05, 3.63) is 27.4 Å². The number of primary sulfonamides is 1. The molecule has 0 spiro atoms. The molecule has 0 aliphatic carbocycles. The van der Waals surface area contributed by atoms with Crippen LogP contribution in [0.2, 0.25) is 0 Å². The van der Waals surface area contributed by atoms with Crippen LogP contribution in [0.1, 0.15) is 17.7 Å². The molecule has 0 amide bonds. The third kappa shape index (κ3) is 2.55. The maximum absolute atomic E-state index is 12.6. The highest BCUT2D eigenvalue weighted by Gasteiger charge is 2.30. The molecule has 0 unspecified atom stereocenters. The number of pyridine rings is 1. The van der Waals surface area contributed by atoms with Gasteiger partial charge in [0, 0.05) is 6.07 Å². The van der Waals surface area contributed by atoms with Crippen molar-refractivity contribution in [2.45, 2.75) is 11.5 Å². The number of halogens is 2. The van der Waals surface area contributed by atoms with Gasteiger partial charge >= 0.3 is 5.69 Å². The minimum atomic E-state index is -4.45. The molecule has 0 atom stereocenters. The van der Waals surface area contributed by atoms with Crippen LogP contribution in [0.3, 0.4) is 0 Å². The Hall–Kier alpha value is -2.19. The van der Waals surface area contributed by atoms with Gasteiger partial charge in [-0.1, -0.05) is 0 Å². The lowest BCUT2D eigenvalue weighted by Crippen LogP contribution is -2.16. The quantitative estimate of drug-likeness (QED) is 0.628. The molecule has 1 rings (SSSR count). The van der Waals surface area contributed by atoms with Crippen LogP contribution in [-0.2, 0) is 10.0 Å². The lowest BCUT2D eigenvalue weighted by molar-refractivity contribution is -0.387. The highest BCUT2D eigenvalue weighted by Crippen LogP contribution is 2.31. The van der Waals surface area contributed by atoms with E-state index in [2.05, 4.69) is 10.1 Å². The second-order valence-electron chi connectivity index (χ2n) is 2.96. The molecule has 0 aliphatic heterocycles. The van der Waals surface area contributed by atoms with Crippen molar-refractivity contribution in [1.82, 2.24) is 4.98 Å². The summed E-state index contributed by atoms with van der Waals surface area (Å²) in [6, 6.07) is 1.72. The van der Waals surface area contributed by atoms with Crippen LogP contribution in [-0.4, -0.2) is 18.3 Å². The molecule has 0 radical (unpaired) electrons. The van der Waals surface area contributed by atoms with Crippen LogP contribution in [0.5, 0.6) is 0 Å². The molecule has 0 saturated heterocycles. The summed E-state index contributed by atoms with van der Waals surface area (Å²) in [7, 11) is -4.45. The van der Waals surface area contributed by atoms with Crippen molar-refractivity contribution in [2.24, 2.45) is 5.14 Å². The molecule has 0 aliphatic rings. The van der Waals surface area contributed by atoms with Crippen molar-refractivity contribution < 1.29 is 22.1 Å². The second kappa shape index (κ2) is 4.59. The molecule has 11 heteroatoms. The topological polar surface area (TPSA) is 140 Å². The molecule has 0 bridgehead atoms. The third-order valence-electron chi connectivity index (χ3n) is 1.80. The maximum atomic E-state index is 12.6. The standard InChI is InChI=1S/C7H4F2N4O4S/c8-7(9)5-6(13(14)15)3(2-10)1-4(12-5)18(11,16)17/h1,7H,(H2,11,16,17). The minimum Gasteiger partial charge on any atom is -0.258 e. The monoisotopic (exact) mass is 278 g/mol. The number of alkyl halides is 2. The van der Waals surface area contributed by atoms with Gasteiger partial charge in [-0.3, -0.25) is 10.1 Å².